The first kappa shape index (κ1) is 21.0. The molecule has 0 saturated carbocycles. The minimum absolute atomic E-state index is 0.204. The molecule has 2 amide bonds. The van der Waals surface area contributed by atoms with E-state index in [-0.39, 0.29) is 11.8 Å². The van der Waals surface area contributed by atoms with Gasteiger partial charge in [0.05, 0.1) is 5.69 Å². The second kappa shape index (κ2) is 9.69. The van der Waals surface area contributed by atoms with Gasteiger partial charge in [-0.05, 0) is 64.4 Å². The van der Waals surface area contributed by atoms with E-state index in [4.69, 9.17) is 0 Å². The summed E-state index contributed by atoms with van der Waals surface area (Å²) < 4.78 is 1.92. The molecule has 0 bridgehead atoms. The number of hydrogen-bond donors (Lipinski definition) is 2. The van der Waals surface area contributed by atoms with Crippen LogP contribution in [0.4, 0.5) is 0 Å². The predicted molar refractivity (Wildman–Crippen MR) is 113 cm³/mol. The molecule has 1 aromatic heterocycles. The van der Waals surface area contributed by atoms with E-state index in [2.05, 4.69) is 20.5 Å². The van der Waals surface area contributed by atoms with Crippen LogP contribution < -0.4 is 10.6 Å². The highest BCUT2D eigenvalue weighted by Crippen LogP contribution is 2.21. The third-order valence-corrected chi connectivity index (χ3v) is 5.30. The fraction of sp³-hybridized carbons (Fsp3) is 0.500. The fourth-order valence-electron chi connectivity index (χ4n) is 3.64. The van der Waals surface area contributed by atoms with E-state index >= 15 is 0 Å². The summed E-state index contributed by atoms with van der Waals surface area (Å²) in [5.41, 5.74) is 3.47. The maximum atomic E-state index is 12.8. The highest BCUT2D eigenvalue weighted by molar-refractivity contribution is 5.97. The standard InChI is InChI=1S/C22H31N5O2/c1-16-9-4-5-10-17(16)15-24-21(28)19-18-11-6-7-14-27(18)20(25-19)22(29)23-12-8-13-26(2)3/h4-5,9-10H,6-8,11-15H2,1-3H3,(H,23,29)(H,24,28). The van der Waals surface area contributed by atoms with E-state index in [1.54, 1.807) is 0 Å². The van der Waals surface area contributed by atoms with Crippen LogP contribution in [0.15, 0.2) is 24.3 Å². The van der Waals surface area contributed by atoms with Gasteiger partial charge in [-0.25, -0.2) is 4.98 Å². The molecule has 7 heteroatoms. The molecule has 0 atom stereocenters. The third kappa shape index (κ3) is 5.23. The highest BCUT2D eigenvalue weighted by Gasteiger charge is 2.27. The topological polar surface area (TPSA) is 79.3 Å². The van der Waals surface area contributed by atoms with Gasteiger partial charge in [-0.1, -0.05) is 24.3 Å². The zero-order valence-corrected chi connectivity index (χ0v) is 17.6. The van der Waals surface area contributed by atoms with Crippen LogP contribution in [0.1, 0.15) is 57.2 Å². The number of aromatic nitrogens is 2. The molecule has 2 aromatic rings. The summed E-state index contributed by atoms with van der Waals surface area (Å²) in [4.78, 5) is 32.1. The number of nitrogens with zero attached hydrogens (tertiary/aromatic N) is 3. The lowest BCUT2D eigenvalue weighted by Crippen LogP contribution is -2.30. The Morgan fingerprint density at radius 2 is 1.93 bits per heavy atom. The molecule has 0 spiro atoms. The van der Waals surface area contributed by atoms with Crippen molar-refractivity contribution in [3.63, 3.8) is 0 Å². The normalized spacial score (nSPS) is 13.2. The highest BCUT2D eigenvalue weighted by atomic mass is 16.2. The van der Waals surface area contributed by atoms with E-state index in [9.17, 15) is 9.59 Å². The van der Waals surface area contributed by atoms with Crippen molar-refractivity contribution in [2.24, 2.45) is 0 Å². The number of carbonyl (C=O) groups is 2. The lowest BCUT2D eigenvalue weighted by atomic mass is 10.1. The molecule has 2 heterocycles. The van der Waals surface area contributed by atoms with Crippen LogP contribution in [0, 0.1) is 6.92 Å². The first-order chi connectivity index (χ1) is 14.0. The number of hydrogen-bond acceptors (Lipinski definition) is 4. The van der Waals surface area contributed by atoms with Gasteiger partial charge in [0.15, 0.2) is 5.82 Å². The van der Waals surface area contributed by atoms with Gasteiger partial charge < -0.3 is 20.1 Å². The number of carbonyl (C=O) groups excluding carboxylic acids is 2. The molecule has 1 aliphatic rings. The molecular formula is C22H31N5O2. The Bertz CT molecular complexity index is 872. The van der Waals surface area contributed by atoms with E-state index in [0.29, 0.717) is 24.6 Å². The largest absolute Gasteiger partial charge is 0.349 e. The molecule has 2 N–H and O–H groups in total. The Kier molecular flexibility index (Phi) is 7.04. The van der Waals surface area contributed by atoms with Gasteiger partial charge in [0.1, 0.15) is 5.69 Å². The average molecular weight is 398 g/mol. The Balaban J connectivity index is 1.71. The van der Waals surface area contributed by atoms with Crippen LogP contribution in [0.5, 0.6) is 0 Å². The van der Waals surface area contributed by atoms with E-state index < -0.39 is 0 Å². The molecule has 0 aliphatic carbocycles. The first-order valence-corrected chi connectivity index (χ1v) is 10.3. The van der Waals surface area contributed by atoms with E-state index in [0.717, 1.165) is 55.6 Å². The molecule has 0 unspecified atom stereocenters. The van der Waals surface area contributed by atoms with E-state index in [1.807, 2.05) is 49.9 Å². The number of aryl methyl sites for hydroxylation is 1. The van der Waals surface area contributed by atoms with Gasteiger partial charge in [0.2, 0.25) is 0 Å². The van der Waals surface area contributed by atoms with E-state index in [1.165, 1.54) is 0 Å². The summed E-state index contributed by atoms with van der Waals surface area (Å²) in [5.74, 6) is -0.0685. The van der Waals surface area contributed by atoms with Crippen LogP contribution in [-0.2, 0) is 19.5 Å². The van der Waals surface area contributed by atoms with Crippen molar-refractivity contribution in [1.82, 2.24) is 25.1 Å². The summed E-state index contributed by atoms with van der Waals surface area (Å²) in [6.07, 6.45) is 3.65. The van der Waals surface area contributed by atoms with Crippen molar-refractivity contribution < 1.29 is 9.59 Å². The second-order valence-corrected chi connectivity index (χ2v) is 7.86. The number of nitrogens with one attached hydrogen (secondary N) is 2. The monoisotopic (exact) mass is 397 g/mol. The average Bonchev–Trinajstić information content (AvgIpc) is 3.10. The summed E-state index contributed by atoms with van der Waals surface area (Å²) >= 11 is 0. The fourth-order valence-corrected chi connectivity index (χ4v) is 3.64. The zero-order chi connectivity index (χ0) is 20.8. The molecule has 1 aliphatic heterocycles. The van der Waals surface area contributed by atoms with Crippen molar-refractivity contribution in [2.75, 3.05) is 27.2 Å². The molecular weight excluding hydrogens is 366 g/mol. The molecule has 1 aromatic carbocycles. The second-order valence-electron chi connectivity index (χ2n) is 7.86. The van der Waals surface area contributed by atoms with Gasteiger partial charge in [-0.2, -0.15) is 0 Å². The smallest absolute Gasteiger partial charge is 0.287 e. The SMILES string of the molecule is Cc1ccccc1CNC(=O)c1nc(C(=O)NCCCN(C)C)n2c1CCCC2. The Hall–Kier alpha value is -2.67. The summed E-state index contributed by atoms with van der Waals surface area (Å²) in [7, 11) is 4.02. The maximum Gasteiger partial charge on any atom is 0.287 e. The molecule has 7 nitrogen and oxygen atoms in total. The van der Waals surface area contributed by atoms with Crippen LogP contribution >= 0.6 is 0 Å². The molecule has 156 valence electrons. The van der Waals surface area contributed by atoms with Gasteiger partial charge in [-0.3, -0.25) is 9.59 Å². The Morgan fingerprint density at radius 1 is 1.14 bits per heavy atom. The van der Waals surface area contributed by atoms with Crippen LogP contribution in [0.3, 0.4) is 0 Å². The van der Waals surface area contributed by atoms with Crippen LogP contribution in [-0.4, -0.2) is 53.5 Å². The Morgan fingerprint density at radius 3 is 2.69 bits per heavy atom. The summed E-state index contributed by atoms with van der Waals surface area (Å²) in [6.45, 7) is 4.71. The number of fused-ring (bicyclic) bond motifs is 1. The molecule has 3 rings (SSSR count). The quantitative estimate of drug-likeness (QED) is 0.669. The third-order valence-electron chi connectivity index (χ3n) is 5.30. The summed E-state index contributed by atoms with van der Waals surface area (Å²) in [6, 6.07) is 7.98. The lowest BCUT2D eigenvalue weighted by molar-refractivity contribution is 0.0936. The number of imidazole rings is 1. The first-order valence-electron chi connectivity index (χ1n) is 10.3. The number of rotatable bonds is 8. The predicted octanol–water partition coefficient (Wildman–Crippen LogP) is 2.14. The van der Waals surface area contributed by atoms with Gasteiger partial charge in [-0.15, -0.1) is 0 Å². The Labute approximate surface area is 172 Å². The van der Waals surface area contributed by atoms with Crippen molar-refractivity contribution in [3.05, 3.63) is 52.6 Å². The molecule has 0 saturated heterocycles. The molecule has 0 fully saturated rings. The maximum absolute atomic E-state index is 12.8. The minimum Gasteiger partial charge on any atom is -0.349 e. The van der Waals surface area contributed by atoms with Crippen molar-refractivity contribution >= 4 is 11.8 Å². The number of benzene rings is 1. The van der Waals surface area contributed by atoms with Gasteiger partial charge in [0, 0.05) is 19.6 Å². The van der Waals surface area contributed by atoms with Crippen LogP contribution in [0.25, 0.3) is 0 Å². The van der Waals surface area contributed by atoms with Crippen molar-refractivity contribution in [1.29, 1.82) is 0 Å². The summed E-state index contributed by atoms with van der Waals surface area (Å²) in [5, 5.41) is 5.91. The lowest BCUT2D eigenvalue weighted by Gasteiger charge is -2.17. The number of amides is 2. The van der Waals surface area contributed by atoms with Gasteiger partial charge >= 0.3 is 0 Å². The molecule has 29 heavy (non-hydrogen) atoms. The molecule has 0 radical (unpaired) electrons. The minimum atomic E-state index is -0.217. The van der Waals surface area contributed by atoms with Crippen molar-refractivity contribution in [2.45, 2.75) is 45.7 Å². The van der Waals surface area contributed by atoms with Gasteiger partial charge in [0.25, 0.3) is 11.8 Å². The van der Waals surface area contributed by atoms with Crippen molar-refractivity contribution in [3.8, 4) is 0 Å². The van der Waals surface area contributed by atoms with Crippen LogP contribution in [0.2, 0.25) is 0 Å². The zero-order valence-electron chi connectivity index (χ0n) is 17.6.